The Morgan fingerprint density at radius 1 is 0.917 bits per heavy atom. The summed E-state index contributed by atoms with van der Waals surface area (Å²) in [6, 6.07) is 22.5. The van der Waals surface area contributed by atoms with Crippen LogP contribution in [-0.4, -0.2) is 10.7 Å². The molecule has 3 aromatic rings. The fourth-order valence-electron chi connectivity index (χ4n) is 3.46. The summed E-state index contributed by atoms with van der Waals surface area (Å²) in [6.45, 7) is 0. The summed E-state index contributed by atoms with van der Waals surface area (Å²) in [7, 11) is 0. The van der Waals surface area contributed by atoms with Gasteiger partial charge in [-0.15, -0.1) is 0 Å². The van der Waals surface area contributed by atoms with Gasteiger partial charge in [-0.2, -0.15) is 5.10 Å². The third-order valence-corrected chi connectivity index (χ3v) is 4.59. The average Bonchev–Trinajstić information content (AvgIpc) is 3.32. The minimum atomic E-state index is -0.332. The monoisotopic (exact) mass is 316 g/mol. The first-order chi connectivity index (χ1) is 11.9. The van der Waals surface area contributed by atoms with Crippen LogP contribution in [0.15, 0.2) is 82.5 Å². The molecular formula is C20H16N2O2. The lowest BCUT2D eigenvalue weighted by atomic mass is 9.96. The molecule has 5 rings (SSSR count). The Hall–Kier alpha value is -3.01. The molecule has 0 bridgehead atoms. The Morgan fingerprint density at radius 3 is 2.58 bits per heavy atom. The van der Waals surface area contributed by atoms with Crippen LogP contribution in [0.4, 0.5) is 0 Å². The highest BCUT2D eigenvalue weighted by Crippen LogP contribution is 2.47. The van der Waals surface area contributed by atoms with Gasteiger partial charge in [0.25, 0.3) is 0 Å². The molecular weight excluding hydrogens is 300 g/mol. The van der Waals surface area contributed by atoms with E-state index in [1.165, 1.54) is 5.56 Å². The molecule has 2 aliphatic rings. The number of nitrogens with zero attached hydrogens (tertiary/aromatic N) is 2. The summed E-state index contributed by atoms with van der Waals surface area (Å²) in [6.07, 6.45) is 2.20. The molecule has 0 N–H and O–H groups in total. The fourth-order valence-corrected chi connectivity index (χ4v) is 3.46. The zero-order valence-electron chi connectivity index (χ0n) is 13.0. The summed E-state index contributed by atoms with van der Waals surface area (Å²) in [5.41, 5.74) is 3.41. The number of furan rings is 1. The van der Waals surface area contributed by atoms with Crippen molar-refractivity contribution < 1.29 is 9.15 Å². The molecule has 118 valence electrons. The van der Waals surface area contributed by atoms with Crippen molar-refractivity contribution in [3.8, 4) is 5.75 Å². The van der Waals surface area contributed by atoms with Crippen molar-refractivity contribution in [2.75, 3.05) is 0 Å². The Morgan fingerprint density at radius 2 is 1.75 bits per heavy atom. The zero-order valence-corrected chi connectivity index (χ0v) is 13.0. The summed E-state index contributed by atoms with van der Waals surface area (Å²) < 4.78 is 11.8. The molecule has 0 radical (unpaired) electrons. The third kappa shape index (κ3) is 2.03. The molecule has 2 aromatic carbocycles. The second-order valence-corrected chi connectivity index (χ2v) is 6.04. The van der Waals surface area contributed by atoms with E-state index >= 15 is 0 Å². The van der Waals surface area contributed by atoms with E-state index in [2.05, 4.69) is 18.2 Å². The topological polar surface area (TPSA) is 38.0 Å². The summed E-state index contributed by atoms with van der Waals surface area (Å²) in [5.74, 6) is 1.68. The highest BCUT2D eigenvalue weighted by molar-refractivity contribution is 6.01. The van der Waals surface area contributed by atoms with Crippen molar-refractivity contribution in [2.24, 2.45) is 5.10 Å². The van der Waals surface area contributed by atoms with Gasteiger partial charge in [0.15, 0.2) is 5.76 Å². The first-order valence-electron chi connectivity index (χ1n) is 8.10. The average molecular weight is 316 g/mol. The maximum absolute atomic E-state index is 6.20. The van der Waals surface area contributed by atoms with E-state index in [-0.39, 0.29) is 12.3 Å². The standard InChI is InChI=1S/C20H16N2O2/c1-2-7-14(8-3-1)16-13-17-15-9-4-5-10-18(15)24-20(22(17)21-16)19-11-6-12-23-19/h1-12,17,20H,13H2/t17-,20+/m1/s1. The third-order valence-electron chi connectivity index (χ3n) is 4.59. The van der Waals surface area contributed by atoms with Crippen LogP contribution >= 0.6 is 0 Å². The molecule has 0 saturated heterocycles. The largest absolute Gasteiger partial charge is 0.463 e. The predicted octanol–water partition coefficient (Wildman–Crippen LogP) is 4.52. The van der Waals surface area contributed by atoms with E-state index < -0.39 is 0 Å². The highest BCUT2D eigenvalue weighted by atomic mass is 16.5. The summed E-state index contributed by atoms with van der Waals surface area (Å²) >= 11 is 0. The molecule has 0 saturated carbocycles. The second-order valence-electron chi connectivity index (χ2n) is 6.04. The number of benzene rings is 2. The lowest BCUT2D eigenvalue weighted by Gasteiger charge is -2.36. The van der Waals surface area contributed by atoms with E-state index in [9.17, 15) is 0 Å². The van der Waals surface area contributed by atoms with Gasteiger partial charge in [0.2, 0.25) is 6.23 Å². The zero-order chi connectivity index (χ0) is 15.9. The van der Waals surface area contributed by atoms with Crippen molar-refractivity contribution in [1.29, 1.82) is 0 Å². The van der Waals surface area contributed by atoms with Gasteiger partial charge in [0.1, 0.15) is 5.75 Å². The molecule has 0 spiro atoms. The predicted molar refractivity (Wildman–Crippen MR) is 90.7 cm³/mol. The van der Waals surface area contributed by atoms with Gasteiger partial charge in [-0.05, 0) is 23.8 Å². The van der Waals surface area contributed by atoms with Crippen LogP contribution in [0.5, 0.6) is 5.75 Å². The van der Waals surface area contributed by atoms with Gasteiger partial charge in [0.05, 0.1) is 18.0 Å². The van der Waals surface area contributed by atoms with Crippen LogP contribution < -0.4 is 4.74 Å². The van der Waals surface area contributed by atoms with Crippen LogP contribution in [0, 0.1) is 0 Å². The molecule has 0 fully saturated rings. The van der Waals surface area contributed by atoms with Crippen molar-refractivity contribution >= 4 is 5.71 Å². The van der Waals surface area contributed by atoms with E-state index in [1.807, 2.05) is 53.5 Å². The molecule has 3 heterocycles. The van der Waals surface area contributed by atoms with E-state index in [0.717, 1.165) is 29.2 Å². The van der Waals surface area contributed by atoms with E-state index in [1.54, 1.807) is 6.26 Å². The molecule has 1 aromatic heterocycles. The fraction of sp³-hybridized carbons (Fsp3) is 0.150. The van der Waals surface area contributed by atoms with Crippen molar-refractivity contribution in [2.45, 2.75) is 18.7 Å². The molecule has 4 nitrogen and oxygen atoms in total. The number of rotatable bonds is 2. The number of hydrogen-bond acceptors (Lipinski definition) is 4. The van der Waals surface area contributed by atoms with Crippen molar-refractivity contribution in [3.05, 3.63) is 89.9 Å². The maximum atomic E-state index is 6.20. The van der Waals surface area contributed by atoms with Crippen LogP contribution in [0.25, 0.3) is 0 Å². The van der Waals surface area contributed by atoms with Gasteiger partial charge >= 0.3 is 0 Å². The SMILES string of the molecule is c1ccc(C2=NN3[C@H](C2)c2ccccc2O[C@H]3c2ccco2)cc1. The van der Waals surface area contributed by atoms with Crippen molar-refractivity contribution in [3.63, 3.8) is 0 Å². The van der Waals surface area contributed by atoms with Crippen LogP contribution in [0.1, 0.15) is 35.6 Å². The number of ether oxygens (including phenoxy) is 1. The van der Waals surface area contributed by atoms with Gasteiger partial charge in [-0.25, -0.2) is 5.01 Å². The minimum absolute atomic E-state index is 0.167. The normalized spacial score (nSPS) is 21.7. The van der Waals surface area contributed by atoms with Crippen molar-refractivity contribution in [1.82, 2.24) is 5.01 Å². The number of hydrogen-bond donors (Lipinski definition) is 0. The smallest absolute Gasteiger partial charge is 0.246 e. The number of hydrazone groups is 1. The molecule has 0 aliphatic carbocycles. The Balaban J connectivity index is 1.61. The number of para-hydroxylation sites is 1. The molecule has 0 amide bonds. The lowest BCUT2D eigenvalue weighted by molar-refractivity contribution is -0.0325. The summed E-state index contributed by atoms with van der Waals surface area (Å²) in [4.78, 5) is 0. The Kier molecular flexibility index (Phi) is 2.95. The van der Waals surface area contributed by atoms with Gasteiger partial charge in [-0.1, -0.05) is 48.5 Å². The molecule has 2 aliphatic heterocycles. The number of fused-ring (bicyclic) bond motifs is 3. The molecule has 4 heteroatoms. The van der Waals surface area contributed by atoms with Crippen LogP contribution in [-0.2, 0) is 0 Å². The lowest BCUT2D eigenvalue weighted by Crippen LogP contribution is -2.33. The molecule has 0 unspecified atom stereocenters. The van der Waals surface area contributed by atoms with Crippen LogP contribution in [0.3, 0.4) is 0 Å². The van der Waals surface area contributed by atoms with E-state index in [4.69, 9.17) is 14.3 Å². The van der Waals surface area contributed by atoms with Gasteiger partial charge in [-0.3, -0.25) is 0 Å². The summed E-state index contributed by atoms with van der Waals surface area (Å²) in [5, 5.41) is 6.91. The minimum Gasteiger partial charge on any atom is -0.463 e. The first kappa shape index (κ1) is 13.4. The van der Waals surface area contributed by atoms with Gasteiger partial charge < -0.3 is 9.15 Å². The molecule has 24 heavy (non-hydrogen) atoms. The highest BCUT2D eigenvalue weighted by Gasteiger charge is 2.41. The molecule has 2 atom stereocenters. The second kappa shape index (κ2) is 5.27. The first-order valence-corrected chi connectivity index (χ1v) is 8.10. The Bertz CT molecular complexity index is 887. The van der Waals surface area contributed by atoms with Crippen LogP contribution in [0.2, 0.25) is 0 Å². The van der Waals surface area contributed by atoms with Gasteiger partial charge in [0, 0.05) is 12.0 Å². The quantitative estimate of drug-likeness (QED) is 0.697. The maximum Gasteiger partial charge on any atom is 0.246 e. The Labute approximate surface area is 140 Å². The van der Waals surface area contributed by atoms with E-state index in [0.29, 0.717) is 0 Å².